The minimum Gasteiger partial charge on any atom is -0.466 e. The highest BCUT2D eigenvalue weighted by Crippen LogP contribution is 2.58. The largest absolute Gasteiger partial charge is 0.466 e. The van der Waals surface area contributed by atoms with Crippen LogP contribution in [0.25, 0.3) is 0 Å². The van der Waals surface area contributed by atoms with Gasteiger partial charge >= 0.3 is 18.0 Å². The highest BCUT2D eigenvalue weighted by Gasteiger charge is 2.79. The van der Waals surface area contributed by atoms with E-state index >= 15 is 0 Å². The van der Waals surface area contributed by atoms with E-state index < -0.39 is 73.8 Å². The van der Waals surface area contributed by atoms with Gasteiger partial charge in [-0.25, -0.2) is 18.0 Å². The zero-order chi connectivity index (χ0) is 25.9. The van der Waals surface area contributed by atoms with Crippen LogP contribution in [0.1, 0.15) is 41.0 Å². The van der Waals surface area contributed by atoms with Crippen molar-refractivity contribution in [2.45, 2.75) is 63.5 Å². The van der Waals surface area contributed by atoms with Gasteiger partial charge in [-0.05, 0) is 53.0 Å². The Morgan fingerprint density at radius 3 is 2.26 bits per heavy atom. The van der Waals surface area contributed by atoms with Crippen molar-refractivity contribution in [3.8, 4) is 0 Å². The van der Waals surface area contributed by atoms with Crippen LogP contribution < -0.4 is 10.6 Å². The Kier molecular flexibility index (Phi) is 8.89. The molecule has 11 nitrogen and oxygen atoms in total. The van der Waals surface area contributed by atoms with E-state index in [1.165, 1.54) is 11.8 Å². The van der Waals surface area contributed by atoms with Gasteiger partial charge in [0.1, 0.15) is 11.6 Å². The van der Waals surface area contributed by atoms with Crippen LogP contribution in [0.5, 0.6) is 0 Å². The zero-order valence-electron chi connectivity index (χ0n) is 20.3. The Morgan fingerprint density at radius 1 is 1.12 bits per heavy atom. The van der Waals surface area contributed by atoms with Crippen LogP contribution in [0.3, 0.4) is 0 Å². The first-order valence-electron chi connectivity index (χ1n) is 11.1. The summed E-state index contributed by atoms with van der Waals surface area (Å²) in [6, 6.07) is -1.10. The van der Waals surface area contributed by atoms with Crippen LogP contribution in [-0.2, 0) is 38.4 Å². The third kappa shape index (κ3) is 6.15. The molecule has 2 rings (SSSR count). The lowest BCUT2D eigenvalue weighted by molar-refractivity contribution is -0.154. The SMILES string of the molecule is CCOC(=O)[C@@H]1[C@@H]2[C@H]1S(=O)(=O)C[C@@]2(NC(=O)[C@H](CCSC)NC(=O)OC(C)(C)C)C(=O)OCC. The molecular formula is C21H34N2O9S2. The number of rotatable bonds is 10. The van der Waals surface area contributed by atoms with Crippen molar-refractivity contribution in [3.05, 3.63) is 0 Å². The summed E-state index contributed by atoms with van der Waals surface area (Å²) in [6.07, 6.45) is 1.20. The van der Waals surface area contributed by atoms with E-state index in [1.807, 2.05) is 6.26 Å². The van der Waals surface area contributed by atoms with Gasteiger partial charge in [0.15, 0.2) is 15.4 Å². The number of carbonyl (C=O) groups is 4. The van der Waals surface area contributed by atoms with Crippen molar-refractivity contribution >= 4 is 45.5 Å². The Hall–Kier alpha value is -2.02. The number of ether oxygens (including phenoxy) is 3. The van der Waals surface area contributed by atoms with Crippen molar-refractivity contribution in [2.24, 2.45) is 11.8 Å². The molecule has 5 atom stereocenters. The average Bonchev–Trinajstić information content (AvgIpc) is 3.42. The predicted molar refractivity (Wildman–Crippen MR) is 125 cm³/mol. The second-order valence-corrected chi connectivity index (χ2v) is 12.4. The summed E-state index contributed by atoms with van der Waals surface area (Å²) in [4.78, 5) is 51.0. The van der Waals surface area contributed by atoms with E-state index in [-0.39, 0.29) is 19.6 Å². The fraction of sp³-hybridized carbons (Fsp3) is 0.810. The molecule has 34 heavy (non-hydrogen) atoms. The molecule has 1 aliphatic heterocycles. The first kappa shape index (κ1) is 28.2. The van der Waals surface area contributed by atoms with Crippen LogP contribution in [0.2, 0.25) is 0 Å². The van der Waals surface area contributed by atoms with Crippen LogP contribution in [-0.4, -0.2) is 85.8 Å². The van der Waals surface area contributed by atoms with E-state index in [0.29, 0.717) is 5.75 Å². The Balaban J connectivity index is 2.35. The molecular weight excluding hydrogens is 488 g/mol. The van der Waals surface area contributed by atoms with Gasteiger partial charge in [0.05, 0.1) is 30.1 Å². The van der Waals surface area contributed by atoms with Gasteiger partial charge in [-0.2, -0.15) is 11.8 Å². The molecule has 1 aliphatic carbocycles. The zero-order valence-corrected chi connectivity index (χ0v) is 22.0. The highest BCUT2D eigenvalue weighted by atomic mass is 32.2. The van der Waals surface area contributed by atoms with Gasteiger partial charge in [0.25, 0.3) is 0 Å². The van der Waals surface area contributed by atoms with E-state index in [4.69, 9.17) is 14.2 Å². The molecule has 194 valence electrons. The number of thioether (sulfide) groups is 1. The number of sulfone groups is 1. The second-order valence-electron chi connectivity index (χ2n) is 9.24. The smallest absolute Gasteiger partial charge is 0.408 e. The van der Waals surface area contributed by atoms with Crippen molar-refractivity contribution in [1.82, 2.24) is 10.6 Å². The van der Waals surface area contributed by atoms with E-state index in [2.05, 4.69) is 10.6 Å². The first-order chi connectivity index (χ1) is 15.7. The quantitative estimate of drug-likeness (QED) is 0.309. The monoisotopic (exact) mass is 522 g/mol. The molecule has 0 aromatic rings. The van der Waals surface area contributed by atoms with Crippen molar-refractivity contribution in [2.75, 3.05) is 31.0 Å². The van der Waals surface area contributed by atoms with Gasteiger partial charge in [0.2, 0.25) is 5.91 Å². The lowest BCUT2D eigenvalue weighted by Crippen LogP contribution is -2.63. The molecule has 2 N–H and O–H groups in total. The van der Waals surface area contributed by atoms with Gasteiger partial charge in [0, 0.05) is 5.92 Å². The minimum atomic E-state index is -3.90. The summed E-state index contributed by atoms with van der Waals surface area (Å²) in [6.45, 7) is 8.15. The summed E-state index contributed by atoms with van der Waals surface area (Å²) in [5, 5.41) is 3.90. The molecule has 0 radical (unpaired) electrons. The number of carbonyl (C=O) groups excluding carboxylic acids is 4. The number of fused-ring (bicyclic) bond motifs is 1. The standard InChI is InChI=1S/C21H34N2O9S2/c1-7-30-17(25)13-14-15(13)34(28,29)11-21(14,18(26)31-8-2)23-16(24)12(9-10-33-6)22-19(27)32-20(3,4)5/h12-15H,7-11H2,1-6H3,(H,22,27)(H,23,24)/t12-,13+,14+,15-,21-/m0/s1. The summed E-state index contributed by atoms with van der Waals surface area (Å²) >= 11 is 1.44. The number of hydrogen-bond acceptors (Lipinski definition) is 10. The van der Waals surface area contributed by atoms with Crippen LogP contribution in [0.15, 0.2) is 0 Å². The highest BCUT2D eigenvalue weighted by molar-refractivity contribution is 7.98. The van der Waals surface area contributed by atoms with E-state index in [1.54, 1.807) is 34.6 Å². The summed E-state index contributed by atoms with van der Waals surface area (Å²) < 4.78 is 41.0. The molecule has 1 saturated carbocycles. The molecule has 0 unspecified atom stereocenters. The number of nitrogens with one attached hydrogen (secondary N) is 2. The van der Waals surface area contributed by atoms with E-state index in [9.17, 15) is 27.6 Å². The molecule has 1 heterocycles. The number of amides is 2. The molecule has 1 saturated heterocycles. The maximum absolute atomic E-state index is 13.3. The summed E-state index contributed by atoms with van der Waals surface area (Å²) in [5.41, 5.74) is -2.76. The van der Waals surface area contributed by atoms with Crippen LogP contribution in [0, 0.1) is 11.8 Å². The fourth-order valence-electron chi connectivity index (χ4n) is 4.23. The molecule has 2 aliphatic rings. The lowest BCUT2D eigenvalue weighted by Gasteiger charge is -2.32. The molecule has 2 fully saturated rings. The van der Waals surface area contributed by atoms with Crippen molar-refractivity contribution < 1.29 is 41.8 Å². The molecule has 2 amide bonds. The van der Waals surface area contributed by atoms with Crippen molar-refractivity contribution in [3.63, 3.8) is 0 Å². The average molecular weight is 523 g/mol. The third-order valence-electron chi connectivity index (χ3n) is 5.53. The molecule has 0 bridgehead atoms. The third-order valence-corrected chi connectivity index (χ3v) is 8.45. The fourth-order valence-corrected chi connectivity index (χ4v) is 7.40. The lowest BCUT2D eigenvalue weighted by atomic mass is 9.93. The van der Waals surface area contributed by atoms with Gasteiger partial charge < -0.3 is 24.8 Å². The van der Waals surface area contributed by atoms with Crippen molar-refractivity contribution in [1.29, 1.82) is 0 Å². The Labute approximate surface area is 204 Å². The van der Waals surface area contributed by atoms with E-state index in [0.717, 1.165) is 0 Å². The maximum atomic E-state index is 13.3. The van der Waals surface area contributed by atoms with Gasteiger partial charge in [-0.15, -0.1) is 0 Å². The molecule has 13 heteroatoms. The molecule has 0 aromatic carbocycles. The van der Waals surface area contributed by atoms with Gasteiger partial charge in [-0.3, -0.25) is 9.59 Å². The Bertz CT molecular complexity index is 916. The first-order valence-corrected chi connectivity index (χ1v) is 14.2. The predicted octanol–water partition coefficient (Wildman–Crippen LogP) is 0.657. The minimum absolute atomic E-state index is 0.0458. The molecule has 0 aromatic heterocycles. The van der Waals surface area contributed by atoms with Crippen LogP contribution in [0.4, 0.5) is 4.79 Å². The topological polar surface area (TPSA) is 154 Å². The normalized spacial score (nSPS) is 27.6. The van der Waals surface area contributed by atoms with Crippen LogP contribution >= 0.6 is 11.8 Å². The Morgan fingerprint density at radius 2 is 1.74 bits per heavy atom. The second kappa shape index (κ2) is 10.7. The number of hydrogen-bond donors (Lipinski definition) is 2. The number of esters is 2. The summed E-state index contributed by atoms with van der Waals surface area (Å²) in [5.74, 6) is -4.73. The maximum Gasteiger partial charge on any atom is 0.408 e. The summed E-state index contributed by atoms with van der Waals surface area (Å²) in [7, 11) is -3.90. The number of alkyl carbamates (subject to hydrolysis) is 1. The van der Waals surface area contributed by atoms with Gasteiger partial charge in [-0.1, -0.05) is 0 Å². The molecule has 0 spiro atoms.